The van der Waals surface area contributed by atoms with E-state index in [2.05, 4.69) is 36.0 Å². The van der Waals surface area contributed by atoms with Crippen LogP contribution in [-0.4, -0.2) is 42.5 Å². The van der Waals surface area contributed by atoms with Gasteiger partial charge in [-0.05, 0) is 30.8 Å². The van der Waals surface area contributed by atoms with E-state index in [1.807, 2.05) is 0 Å². The van der Waals surface area contributed by atoms with E-state index in [0.717, 1.165) is 19.6 Å². The third-order valence-corrected chi connectivity index (χ3v) is 3.21. The van der Waals surface area contributed by atoms with Gasteiger partial charge in [0.05, 0.1) is 6.54 Å². The number of hydrogen-bond acceptors (Lipinski definition) is 4. The van der Waals surface area contributed by atoms with Gasteiger partial charge in [-0.15, -0.1) is 0 Å². The molecule has 0 saturated heterocycles. The standard InChI is InChI=1S/C13H18Cl2N2O.CNS.Cu/c1-3-17(4-2)6-5-16-9-10-7-11(14)8-12(15)13(10)18;2-1-3;/h7-9,18H,3-6H2,1-2H3;;/q;-1;+2/p-1. The van der Waals surface area contributed by atoms with Gasteiger partial charge in [-0.1, -0.05) is 55.0 Å². The van der Waals surface area contributed by atoms with Gasteiger partial charge < -0.3 is 15.4 Å². The average Bonchev–Trinajstić information content (AvgIpc) is 2.45. The maximum Gasteiger partial charge on any atom is 2.00 e. The van der Waals surface area contributed by atoms with Gasteiger partial charge in [-0.3, -0.25) is 4.99 Å². The molecule has 0 fully saturated rings. The molecule has 1 radical (unpaired) electrons. The zero-order valence-electron chi connectivity index (χ0n) is 12.3. The predicted molar refractivity (Wildman–Crippen MR) is 92.1 cm³/mol. The SMILES string of the molecule is CCN(CC)CCN=Cc1cc(Cl)cc(Cl)c1[O-].[Cu+2].[N-]=C=S. The molecule has 22 heavy (non-hydrogen) atoms. The summed E-state index contributed by atoms with van der Waals surface area (Å²) in [6.45, 7) is 7.76. The van der Waals surface area contributed by atoms with Gasteiger partial charge in [0.2, 0.25) is 0 Å². The number of hydrogen-bond donors (Lipinski definition) is 0. The number of benzene rings is 1. The van der Waals surface area contributed by atoms with Crippen LogP contribution in [0, 0.1) is 0 Å². The number of thiocarbonyl (C=S) groups is 1. The van der Waals surface area contributed by atoms with Crippen molar-refractivity contribution in [1.29, 1.82) is 0 Å². The van der Waals surface area contributed by atoms with Crippen molar-refractivity contribution >= 4 is 46.8 Å². The Kier molecular flexibility index (Phi) is 15.3. The Morgan fingerprint density at radius 1 is 1.36 bits per heavy atom. The molecule has 0 unspecified atom stereocenters. The molecule has 0 amide bonds. The fourth-order valence-electron chi connectivity index (χ4n) is 1.58. The topological polar surface area (TPSA) is 61.0 Å². The minimum absolute atomic E-state index is 0. The summed E-state index contributed by atoms with van der Waals surface area (Å²) in [7, 11) is 0. The minimum atomic E-state index is -0.229. The molecular weight excluding hydrogens is 393 g/mol. The number of nitrogens with zero attached hydrogens (tertiary/aromatic N) is 3. The molecule has 1 aromatic carbocycles. The second-order valence-electron chi connectivity index (χ2n) is 3.96. The van der Waals surface area contributed by atoms with Crippen LogP contribution in [0.1, 0.15) is 19.4 Å². The Morgan fingerprint density at radius 2 is 1.91 bits per heavy atom. The number of rotatable bonds is 6. The van der Waals surface area contributed by atoms with Crippen molar-refractivity contribution in [3.8, 4) is 5.75 Å². The Labute approximate surface area is 157 Å². The Bertz CT molecular complexity index is 505. The molecule has 0 heterocycles. The summed E-state index contributed by atoms with van der Waals surface area (Å²) in [6, 6.07) is 3.02. The molecule has 0 aliphatic carbocycles. The summed E-state index contributed by atoms with van der Waals surface area (Å²) in [5.74, 6) is -0.229. The van der Waals surface area contributed by atoms with E-state index in [-0.39, 0.29) is 27.8 Å². The molecule has 125 valence electrons. The second kappa shape index (κ2) is 14.2. The molecule has 8 heteroatoms. The van der Waals surface area contributed by atoms with E-state index < -0.39 is 0 Å². The summed E-state index contributed by atoms with van der Waals surface area (Å²) in [4.78, 5) is 6.50. The summed E-state index contributed by atoms with van der Waals surface area (Å²) in [5.41, 5.74) is 0.437. The van der Waals surface area contributed by atoms with Crippen LogP contribution in [-0.2, 0) is 17.1 Å². The first kappa shape index (κ1) is 23.8. The molecule has 1 aromatic rings. The van der Waals surface area contributed by atoms with Crippen LogP contribution in [0.5, 0.6) is 5.75 Å². The molecule has 1 rings (SSSR count). The smallest absolute Gasteiger partial charge is 0.871 e. The number of likely N-dealkylation sites (N-methyl/N-ethyl adjacent to an activating group) is 1. The summed E-state index contributed by atoms with van der Waals surface area (Å²) in [5, 5.41) is 20.7. The molecule has 0 spiro atoms. The second-order valence-corrected chi connectivity index (χ2v) is 4.99. The quantitative estimate of drug-likeness (QED) is 0.410. The fraction of sp³-hybridized carbons (Fsp3) is 0.429. The summed E-state index contributed by atoms with van der Waals surface area (Å²) in [6.07, 6.45) is 1.55. The van der Waals surface area contributed by atoms with Crippen molar-refractivity contribution in [2.45, 2.75) is 13.8 Å². The molecular formula is C14H17Cl2CuN3OS. The zero-order valence-corrected chi connectivity index (χ0v) is 15.5. The molecule has 4 nitrogen and oxygen atoms in total. The number of isothiocyanates is 1. The maximum atomic E-state index is 11.7. The van der Waals surface area contributed by atoms with Gasteiger partial charge in [0.1, 0.15) is 0 Å². The van der Waals surface area contributed by atoms with Gasteiger partial charge in [-0.2, -0.15) is 5.16 Å². The van der Waals surface area contributed by atoms with E-state index in [9.17, 15) is 5.11 Å². The Morgan fingerprint density at radius 3 is 2.41 bits per heavy atom. The van der Waals surface area contributed by atoms with Crippen molar-refractivity contribution in [2.75, 3.05) is 26.2 Å². The first-order chi connectivity index (χ1) is 9.99. The van der Waals surface area contributed by atoms with E-state index in [1.54, 1.807) is 12.3 Å². The van der Waals surface area contributed by atoms with E-state index in [1.165, 1.54) is 11.2 Å². The van der Waals surface area contributed by atoms with Crippen molar-refractivity contribution in [2.24, 2.45) is 4.99 Å². The molecule has 0 N–H and O–H groups in total. The Balaban J connectivity index is 0. The zero-order chi connectivity index (χ0) is 16.3. The average molecular weight is 410 g/mol. The molecule has 0 aliphatic heterocycles. The molecule has 0 atom stereocenters. The van der Waals surface area contributed by atoms with Crippen molar-refractivity contribution in [1.82, 2.24) is 4.90 Å². The first-order valence-electron chi connectivity index (χ1n) is 6.39. The van der Waals surface area contributed by atoms with E-state index >= 15 is 0 Å². The van der Waals surface area contributed by atoms with Crippen molar-refractivity contribution < 1.29 is 22.2 Å². The fourth-order valence-corrected chi connectivity index (χ4v) is 2.09. The largest absolute Gasteiger partial charge is 2.00 e. The van der Waals surface area contributed by atoms with Crippen LogP contribution in [0.15, 0.2) is 17.1 Å². The van der Waals surface area contributed by atoms with Gasteiger partial charge in [0.25, 0.3) is 0 Å². The first-order valence-corrected chi connectivity index (χ1v) is 7.55. The van der Waals surface area contributed by atoms with Crippen molar-refractivity contribution in [3.63, 3.8) is 0 Å². The summed E-state index contributed by atoms with van der Waals surface area (Å²) < 4.78 is 0. The molecule has 0 aliphatic rings. The predicted octanol–water partition coefficient (Wildman–Crippen LogP) is 3.48. The Hall–Kier alpha value is -0.451. The van der Waals surface area contributed by atoms with Crippen molar-refractivity contribution in [3.05, 3.63) is 33.2 Å². The van der Waals surface area contributed by atoms with Crippen LogP contribution in [0.25, 0.3) is 5.41 Å². The van der Waals surface area contributed by atoms with Crippen LogP contribution < -0.4 is 5.11 Å². The summed E-state index contributed by atoms with van der Waals surface area (Å²) >= 11 is 15.3. The molecule has 0 aromatic heterocycles. The van der Waals surface area contributed by atoms with Crippen LogP contribution in [0.4, 0.5) is 0 Å². The van der Waals surface area contributed by atoms with Gasteiger partial charge in [0.15, 0.2) is 0 Å². The number of aliphatic imine (C=N–C) groups is 1. The van der Waals surface area contributed by atoms with E-state index in [4.69, 9.17) is 28.6 Å². The third kappa shape index (κ3) is 9.54. The monoisotopic (exact) mass is 408 g/mol. The van der Waals surface area contributed by atoms with Crippen LogP contribution in [0.2, 0.25) is 10.0 Å². The number of halogens is 2. The van der Waals surface area contributed by atoms with Gasteiger partial charge in [-0.25, -0.2) is 0 Å². The van der Waals surface area contributed by atoms with Crippen LogP contribution >= 0.6 is 35.4 Å². The van der Waals surface area contributed by atoms with Gasteiger partial charge >= 0.3 is 17.1 Å². The van der Waals surface area contributed by atoms with Gasteiger partial charge in [0, 0.05) is 22.8 Å². The molecule has 0 bridgehead atoms. The van der Waals surface area contributed by atoms with E-state index in [0.29, 0.717) is 17.1 Å². The molecule has 0 saturated carbocycles. The maximum absolute atomic E-state index is 11.7. The van der Waals surface area contributed by atoms with Crippen LogP contribution in [0.3, 0.4) is 0 Å². The third-order valence-electron chi connectivity index (χ3n) is 2.71. The normalized spacial score (nSPS) is 9.86. The minimum Gasteiger partial charge on any atom is -0.871 e.